The van der Waals surface area contributed by atoms with Crippen LogP contribution in [0.3, 0.4) is 0 Å². The van der Waals surface area contributed by atoms with Gasteiger partial charge in [0.05, 0.1) is 0 Å². The fourth-order valence-electron chi connectivity index (χ4n) is 1.49. The molecule has 1 atom stereocenters. The molecule has 14 heavy (non-hydrogen) atoms. The van der Waals surface area contributed by atoms with Gasteiger partial charge >= 0.3 is 6.09 Å². The summed E-state index contributed by atoms with van der Waals surface area (Å²) in [5.41, 5.74) is 1.03. The summed E-state index contributed by atoms with van der Waals surface area (Å²) in [5, 5.41) is 2.62. The van der Waals surface area contributed by atoms with E-state index in [-0.39, 0.29) is 12.2 Å². The monoisotopic (exact) mass is 255 g/mol. The number of carbonyl (C=O) groups excluding carboxylic acids is 1. The molecule has 1 N–H and O–H groups in total. The van der Waals surface area contributed by atoms with Gasteiger partial charge in [-0.3, -0.25) is 0 Å². The lowest BCUT2D eigenvalue weighted by molar-refractivity contribution is 0.0735. The van der Waals surface area contributed by atoms with Crippen molar-refractivity contribution in [2.75, 3.05) is 6.54 Å². The number of cyclic esters (lactones) is 1. The molecule has 1 aliphatic heterocycles. The van der Waals surface area contributed by atoms with Gasteiger partial charge in [-0.15, -0.1) is 0 Å². The maximum absolute atomic E-state index is 11.0. The fraction of sp³-hybridized carbons (Fsp3) is 0.300. The molecule has 1 amide bonds. The lowest BCUT2D eigenvalue weighted by Crippen LogP contribution is -2.33. The zero-order chi connectivity index (χ0) is 9.97. The van der Waals surface area contributed by atoms with Crippen molar-refractivity contribution in [2.45, 2.75) is 12.5 Å². The van der Waals surface area contributed by atoms with Crippen molar-refractivity contribution in [2.24, 2.45) is 0 Å². The summed E-state index contributed by atoms with van der Waals surface area (Å²) in [5.74, 6) is 0. The van der Waals surface area contributed by atoms with Crippen molar-refractivity contribution in [1.29, 1.82) is 0 Å². The molecule has 2 rings (SSSR count). The molecule has 0 spiro atoms. The number of nitrogens with one attached hydrogen (secondary N) is 1. The first kappa shape index (κ1) is 9.52. The third-order valence-corrected chi connectivity index (χ3v) is 2.90. The summed E-state index contributed by atoms with van der Waals surface area (Å²) in [6, 6.07) is 7.80. The first-order valence-electron chi connectivity index (χ1n) is 4.46. The van der Waals surface area contributed by atoms with E-state index in [0.29, 0.717) is 6.54 Å². The molecule has 1 fully saturated rings. The van der Waals surface area contributed by atoms with Crippen LogP contribution in [0.5, 0.6) is 0 Å². The van der Waals surface area contributed by atoms with E-state index >= 15 is 0 Å². The summed E-state index contributed by atoms with van der Waals surface area (Å²) >= 11 is 3.44. The maximum atomic E-state index is 11.0. The molecule has 74 valence electrons. The number of hydrogen-bond donors (Lipinski definition) is 1. The predicted molar refractivity (Wildman–Crippen MR) is 56.0 cm³/mol. The Balaban J connectivity index is 2.22. The summed E-state index contributed by atoms with van der Waals surface area (Å²) in [6.45, 7) is 0.671. The first-order chi connectivity index (χ1) is 6.77. The van der Waals surface area contributed by atoms with Gasteiger partial charge in [0.25, 0.3) is 0 Å². The van der Waals surface area contributed by atoms with Gasteiger partial charge in [-0.2, -0.15) is 0 Å². The van der Waals surface area contributed by atoms with Crippen LogP contribution >= 0.6 is 15.9 Å². The third kappa shape index (κ3) is 1.90. The largest absolute Gasteiger partial charge is 0.441 e. The van der Waals surface area contributed by atoms with Crippen LogP contribution in [-0.2, 0) is 4.74 Å². The van der Waals surface area contributed by atoms with Crippen LogP contribution in [-0.4, -0.2) is 12.6 Å². The lowest BCUT2D eigenvalue weighted by Gasteiger charge is -2.24. The van der Waals surface area contributed by atoms with Crippen molar-refractivity contribution in [3.05, 3.63) is 34.3 Å². The van der Waals surface area contributed by atoms with Gasteiger partial charge in [0.15, 0.2) is 0 Å². The Labute approximate surface area is 90.6 Å². The molecule has 0 radical (unpaired) electrons. The highest BCUT2D eigenvalue weighted by Gasteiger charge is 2.22. The van der Waals surface area contributed by atoms with Gasteiger partial charge in [-0.25, -0.2) is 4.79 Å². The van der Waals surface area contributed by atoms with Crippen LogP contribution in [0.2, 0.25) is 0 Å². The maximum Gasteiger partial charge on any atom is 0.407 e. The Morgan fingerprint density at radius 3 is 2.93 bits per heavy atom. The average Bonchev–Trinajstić information content (AvgIpc) is 2.18. The number of carbonyl (C=O) groups is 1. The van der Waals surface area contributed by atoms with Crippen LogP contribution < -0.4 is 5.32 Å². The molecule has 0 saturated carbocycles. The smallest absolute Gasteiger partial charge is 0.407 e. The molecule has 1 saturated heterocycles. The summed E-state index contributed by atoms with van der Waals surface area (Å²) in [6.07, 6.45) is 0.352. The highest BCUT2D eigenvalue weighted by Crippen LogP contribution is 2.29. The van der Waals surface area contributed by atoms with E-state index < -0.39 is 0 Å². The molecular formula is C10H10BrNO2. The molecule has 1 aromatic carbocycles. The molecule has 3 nitrogen and oxygen atoms in total. The zero-order valence-corrected chi connectivity index (χ0v) is 9.08. The van der Waals surface area contributed by atoms with E-state index in [2.05, 4.69) is 21.2 Å². The quantitative estimate of drug-likeness (QED) is 0.838. The Bertz CT molecular complexity index is 354. The van der Waals surface area contributed by atoms with Crippen molar-refractivity contribution in [3.8, 4) is 0 Å². The second-order valence-corrected chi connectivity index (χ2v) is 3.99. The molecule has 1 aromatic rings. The number of amides is 1. The zero-order valence-electron chi connectivity index (χ0n) is 7.50. The van der Waals surface area contributed by atoms with Crippen LogP contribution in [0.4, 0.5) is 4.79 Å². The third-order valence-electron chi connectivity index (χ3n) is 2.18. The van der Waals surface area contributed by atoms with Gasteiger partial charge in [0.1, 0.15) is 6.10 Å². The highest BCUT2D eigenvalue weighted by molar-refractivity contribution is 9.10. The molecular weight excluding hydrogens is 246 g/mol. The summed E-state index contributed by atoms with van der Waals surface area (Å²) < 4.78 is 6.16. The molecule has 4 heteroatoms. The number of alkyl carbamates (subject to hydrolysis) is 1. The first-order valence-corrected chi connectivity index (χ1v) is 5.25. The average molecular weight is 256 g/mol. The topological polar surface area (TPSA) is 38.3 Å². The summed E-state index contributed by atoms with van der Waals surface area (Å²) in [4.78, 5) is 11.0. The SMILES string of the molecule is O=C1NCCC(c2ccccc2Br)O1. The summed E-state index contributed by atoms with van der Waals surface area (Å²) in [7, 11) is 0. The van der Waals surface area contributed by atoms with E-state index in [9.17, 15) is 4.79 Å². The number of benzene rings is 1. The standard InChI is InChI=1S/C10H10BrNO2/c11-8-4-2-1-3-7(8)9-5-6-12-10(13)14-9/h1-4,9H,5-6H2,(H,12,13). The number of rotatable bonds is 1. The Hall–Kier alpha value is -1.03. The molecule has 1 aliphatic rings. The van der Waals surface area contributed by atoms with E-state index in [0.717, 1.165) is 16.5 Å². The van der Waals surface area contributed by atoms with Crippen LogP contribution in [0.25, 0.3) is 0 Å². The Kier molecular flexibility index (Phi) is 2.72. The predicted octanol–water partition coefficient (Wildman–Crippen LogP) is 2.62. The van der Waals surface area contributed by atoms with Gasteiger partial charge in [0.2, 0.25) is 0 Å². The molecule has 0 aromatic heterocycles. The normalized spacial score (nSPS) is 21.2. The van der Waals surface area contributed by atoms with Crippen LogP contribution in [0.15, 0.2) is 28.7 Å². The van der Waals surface area contributed by atoms with Gasteiger partial charge in [-0.05, 0) is 6.07 Å². The minimum Gasteiger partial charge on any atom is -0.441 e. The van der Waals surface area contributed by atoms with Crippen molar-refractivity contribution < 1.29 is 9.53 Å². The lowest BCUT2D eigenvalue weighted by atomic mass is 10.1. The number of ether oxygens (including phenoxy) is 1. The number of halogens is 1. The van der Waals surface area contributed by atoms with Gasteiger partial charge in [-0.1, -0.05) is 34.1 Å². The van der Waals surface area contributed by atoms with E-state index in [1.807, 2.05) is 24.3 Å². The second-order valence-electron chi connectivity index (χ2n) is 3.13. The van der Waals surface area contributed by atoms with E-state index in [1.54, 1.807) is 0 Å². The van der Waals surface area contributed by atoms with Gasteiger partial charge in [0, 0.05) is 23.0 Å². The van der Waals surface area contributed by atoms with Crippen molar-refractivity contribution in [1.82, 2.24) is 5.32 Å². The molecule has 1 heterocycles. The van der Waals surface area contributed by atoms with Crippen molar-refractivity contribution in [3.63, 3.8) is 0 Å². The minimum atomic E-state index is -0.336. The Morgan fingerprint density at radius 1 is 1.43 bits per heavy atom. The molecule has 0 aliphatic carbocycles. The van der Waals surface area contributed by atoms with E-state index in [4.69, 9.17) is 4.74 Å². The van der Waals surface area contributed by atoms with Gasteiger partial charge < -0.3 is 10.1 Å². The number of hydrogen-bond acceptors (Lipinski definition) is 2. The van der Waals surface area contributed by atoms with Crippen LogP contribution in [0.1, 0.15) is 18.1 Å². The second kappa shape index (κ2) is 4.00. The highest BCUT2D eigenvalue weighted by atomic mass is 79.9. The van der Waals surface area contributed by atoms with Crippen LogP contribution in [0, 0.1) is 0 Å². The van der Waals surface area contributed by atoms with Crippen molar-refractivity contribution >= 4 is 22.0 Å². The minimum absolute atomic E-state index is 0.126. The molecule has 1 unspecified atom stereocenters. The Morgan fingerprint density at radius 2 is 2.21 bits per heavy atom. The fourth-order valence-corrected chi connectivity index (χ4v) is 2.03. The van der Waals surface area contributed by atoms with E-state index in [1.165, 1.54) is 0 Å². The molecule has 0 bridgehead atoms.